The zero-order chi connectivity index (χ0) is 22.0. The Hall–Kier alpha value is -2.75. The van der Waals surface area contributed by atoms with Crippen LogP contribution in [0.2, 0.25) is 0 Å². The molecule has 1 amide bonds. The number of esters is 1. The van der Waals surface area contributed by atoms with Crippen LogP contribution >= 0.6 is 0 Å². The van der Waals surface area contributed by atoms with Gasteiger partial charge in [-0.15, -0.1) is 0 Å². The summed E-state index contributed by atoms with van der Waals surface area (Å²) >= 11 is 0. The van der Waals surface area contributed by atoms with E-state index >= 15 is 0 Å². The van der Waals surface area contributed by atoms with Gasteiger partial charge in [0.05, 0.1) is 17.9 Å². The van der Waals surface area contributed by atoms with Crippen LogP contribution in [0.25, 0.3) is 0 Å². The van der Waals surface area contributed by atoms with Gasteiger partial charge in [0.15, 0.2) is 0 Å². The number of ether oxygens (including phenoxy) is 2. The molecule has 8 nitrogen and oxygen atoms in total. The van der Waals surface area contributed by atoms with E-state index in [-0.39, 0.29) is 36.8 Å². The van der Waals surface area contributed by atoms with Crippen molar-refractivity contribution in [3.05, 3.63) is 60.2 Å². The summed E-state index contributed by atoms with van der Waals surface area (Å²) in [4.78, 5) is 23.6. The minimum absolute atomic E-state index is 0.0360. The van der Waals surface area contributed by atoms with E-state index < -0.39 is 16.0 Å². The van der Waals surface area contributed by atoms with Crippen LogP contribution in [0.15, 0.2) is 59.5 Å². The number of nitrogens with one attached hydrogen (secondary N) is 1. The highest BCUT2D eigenvalue weighted by Gasteiger charge is 2.21. The normalized spacial score (nSPS) is 11.3. The number of carbonyl (C=O) groups is 2. The van der Waals surface area contributed by atoms with Crippen molar-refractivity contribution in [3.63, 3.8) is 0 Å². The van der Waals surface area contributed by atoms with E-state index in [0.29, 0.717) is 12.3 Å². The first-order valence-corrected chi connectivity index (χ1v) is 10.8. The molecule has 0 unspecified atom stereocenters. The van der Waals surface area contributed by atoms with Crippen molar-refractivity contribution in [1.82, 2.24) is 4.31 Å². The quantitative estimate of drug-likeness (QED) is 0.430. The molecule has 1 N–H and O–H groups in total. The van der Waals surface area contributed by atoms with Crippen LogP contribution in [0.1, 0.15) is 18.4 Å². The van der Waals surface area contributed by atoms with Gasteiger partial charge in [-0.3, -0.25) is 9.59 Å². The largest absolute Gasteiger partial charge is 0.463 e. The lowest BCUT2D eigenvalue weighted by Gasteiger charge is -2.17. The number of benzene rings is 2. The molecule has 0 atom stereocenters. The highest BCUT2D eigenvalue weighted by molar-refractivity contribution is 7.89. The lowest BCUT2D eigenvalue weighted by atomic mass is 10.2. The Balaban J connectivity index is 1.89. The molecule has 9 heteroatoms. The van der Waals surface area contributed by atoms with Gasteiger partial charge in [-0.2, -0.15) is 4.31 Å². The molecule has 0 fully saturated rings. The lowest BCUT2D eigenvalue weighted by Crippen LogP contribution is -2.26. The van der Waals surface area contributed by atoms with Crippen LogP contribution in [0.4, 0.5) is 5.69 Å². The number of anilines is 1. The number of carbonyl (C=O) groups excluding carboxylic acids is 2. The summed E-state index contributed by atoms with van der Waals surface area (Å²) in [7, 11) is -0.649. The van der Waals surface area contributed by atoms with Crippen molar-refractivity contribution in [2.45, 2.75) is 24.3 Å². The summed E-state index contributed by atoms with van der Waals surface area (Å²) in [5, 5.41) is 2.63. The fourth-order valence-electron chi connectivity index (χ4n) is 2.57. The molecule has 162 valence electrons. The van der Waals surface area contributed by atoms with Crippen LogP contribution < -0.4 is 5.32 Å². The third-order valence-electron chi connectivity index (χ3n) is 4.20. The van der Waals surface area contributed by atoms with Gasteiger partial charge in [0.25, 0.3) is 0 Å². The molecule has 0 saturated carbocycles. The van der Waals surface area contributed by atoms with E-state index in [0.717, 1.165) is 5.56 Å². The second-order valence-electron chi connectivity index (χ2n) is 6.53. The smallest absolute Gasteiger partial charge is 0.306 e. The first kappa shape index (κ1) is 23.5. The van der Waals surface area contributed by atoms with Crippen molar-refractivity contribution < 1.29 is 27.5 Å². The Morgan fingerprint density at radius 3 is 2.27 bits per heavy atom. The third kappa shape index (κ3) is 7.25. The molecule has 0 aliphatic rings. The molecular weight excluding hydrogens is 408 g/mol. The van der Waals surface area contributed by atoms with Crippen molar-refractivity contribution in [1.29, 1.82) is 0 Å². The monoisotopic (exact) mass is 434 g/mol. The molecule has 0 bridgehead atoms. The van der Waals surface area contributed by atoms with Gasteiger partial charge in [-0.1, -0.05) is 30.3 Å². The number of hydrogen-bond donors (Lipinski definition) is 1. The van der Waals surface area contributed by atoms with E-state index in [2.05, 4.69) is 5.32 Å². The Kier molecular flexibility index (Phi) is 8.97. The SMILES string of the molecule is COCCOC(=O)CCC(=O)Nc1ccc(S(=O)(=O)N(C)Cc2ccccc2)cc1. The summed E-state index contributed by atoms with van der Waals surface area (Å²) < 4.78 is 36.4. The first-order chi connectivity index (χ1) is 14.3. The second kappa shape index (κ2) is 11.4. The van der Waals surface area contributed by atoms with E-state index in [9.17, 15) is 18.0 Å². The number of nitrogens with zero attached hydrogens (tertiary/aromatic N) is 1. The lowest BCUT2D eigenvalue weighted by molar-refractivity contribution is -0.145. The molecule has 2 aromatic rings. The zero-order valence-corrected chi connectivity index (χ0v) is 17.9. The van der Waals surface area contributed by atoms with Crippen LogP contribution in [0.3, 0.4) is 0 Å². The van der Waals surface area contributed by atoms with Crippen LogP contribution in [-0.4, -0.2) is 52.0 Å². The van der Waals surface area contributed by atoms with Crippen molar-refractivity contribution >= 4 is 27.6 Å². The van der Waals surface area contributed by atoms with Crippen molar-refractivity contribution in [2.75, 3.05) is 32.7 Å². The summed E-state index contributed by atoms with van der Waals surface area (Å²) in [6.07, 6.45) is -0.0853. The zero-order valence-electron chi connectivity index (χ0n) is 17.0. The number of methoxy groups -OCH3 is 1. The van der Waals surface area contributed by atoms with Gasteiger partial charge in [0.2, 0.25) is 15.9 Å². The van der Waals surface area contributed by atoms with Crippen LogP contribution in [0.5, 0.6) is 0 Å². The second-order valence-corrected chi connectivity index (χ2v) is 8.58. The average Bonchev–Trinajstić information content (AvgIpc) is 2.73. The first-order valence-electron chi connectivity index (χ1n) is 9.37. The fourth-order valence-corrected chi connectivity index (χ4v) is 3.72. The maximum atomic E-state index is 12.7. The van der Waals surface area contributed by atoms with E-state index in [1.54, 1.807) is 0 Å². The summed E-state index contributed by atoms with van der Waals surface area (Å²) in [6, 6.07) is 15.2. The van der Waals surface area contributed by atoms with Gasteiger partial charge < -0.3 is 14.8 Å². The number of sulfonamides is 1. The Morgan fingerprint density at radius 1 is 0.967 bits per heavy atom. The van der Waals surface area contributed by atoms with Gasteiger partial charge in [0, 0.05) is 32.8 Å². The third-order valence-corrected chi connectivity index (χ3v) is 6.02. The number of hydrogen-bond acceptors (Lipinski definition) is 6. The highest BCUT2D eigenvalue weighted by Crippen LogP contribution is 2.19. The molecular formula is C21H26N2O6S. The maximum Gasteiger partial charge on any atom is 0.306 e. The highest BCUT2D eigenvalue weighted by atomic mass is 32.2. The molecule has 0 saturated heterocycles. The molecule has 0 radical (unpaired) electrons. The van der Waals surface area contributed by atoms with Crippen molar-refractivity contribution in [3.8, 4) is 0 Å². The Bertz CT molecular complexity index is 930. The molecule has 0 aliphatic carbocycles. The maximum absolute atomic E-state index is 12.7. The minimum atomic E-state index is -3.67. The number of rotatable bonds is 11. The topological polar surface area (TPSA) is 102 Å². The summed E-state index contributed by atoms with van der Waals surface area (Å²) in [6.45, 7) is 0.696. The van der Waals surface area contributed by atoms with Crippen LogP contribution in [-0.2, 0) is 35.6 Å². The summed E-state index contributed by atoms with van der Waals surface area (Å²) in [5.41, 5.74) is 1.32. The van der Waals surface area contributed by atoms with E-state index in [1.165, 1.54) is 42.7 Å². The molecule has 2 rings (SSSR count). The molecule has 0 heterocycles. The van der Waals surface area contributed by atoms with Gasteiger partial charge in [-0.25, -0.2) is 8.42 Å². The van der Waals surface area contributed by atoms with Crippen molar-refractivity contribution in [2.24, 2.45) is 0 Å². The Labute approximate surface area is 176 Å². The molecule has 30 heavy (non-hydrogen) atoms. The fraction of sp³-hybridized carbons (Fsp3) is 0.333. The van der Waals surface area contributed by atoms with Gasteiger partial charge in [-0.05, 0) is 29.8 Å². The molecule has 2 aromatic carbocycles. The predicted molar refractivity (Wildman–Crippen MR) is 112 cm³/mol. The number of amides is 1. The van der Waals surface area contributed by atoms with Gasteiger partial charge in [0.1, 0.15) is 6.61 Å². The van der Waals surface area contributed by atoms with E-state index in [4.69, 9.17) is 9.47 Å². The van der Waals surface area contributed by atoms with E-state index in [1.807, 2.05) is 30.3 Å². The standard InChI is InChI=1S/C21H26N2O6S/c1-23(16-17-6-4-3-5-7-17)30(26,27)19-10-8-18(9-11-19)22-20(24)12-13-21(25)29-15-14-28-2/h3-11H,12-16H2,1-2H3,(H,22,24). The minimum Gasteiger partial charge on any atom is -0.463 e. The van der Waals surface area contributed by atoms with Gasteiger partial charge >= 0.3 is 5.97 Å². The molecule has 0 aromatic heterocycles. The molecule has 0 aliphatic heterocycles. The van der Waals surface area contributed by atoms with Crippen LogP contribution in [0, 0.1) is 0 Å². The predicted octanol–water partition coefficient (Wildman–Crippen LogP) is 2.42. The molecule has 0 spiro atoms. The summed E-state index contributed by atoms with van der Waals surface area (Å²) in [5.74, 6) is -0.847. The average molecular weight is 435 g/mol. The Morgan fingerprint density at radius 2 is 1.63 bits per heavy atom.